The van der Waals surface area contributed by atoms with Crippen LogP contribution < -0.4 is 10.5 Å². The summed E-state index contributed by atoms with van der Waals surface area (Å²) in [7, 11) is 0. The molecule has 2 nitrogen and oxygen atoms in total. The Hall–Kier alpha value is -2.03. The van der Waals surface area contributed by atoms with Gasteiger partial charge >= 0.3 is 0 Å². The molecule has 2 N–H and O–H groups in total. The Bertz CT molecular complexity index is 535. The Morgan fingerprint density at radius 3 is 2.33 bits per heavy atom. The highest BCUT2D eigenvalue weighted by atomic mass is 19.1. The maximum absolute atomic E-state index is 13.2. The molecule has 0 saturated heterocycles. The Morgan fingerprint density at radius 1 is 1.06 bits per heavy atom. The van der Waals surface area contributed by atoms with Crippen molar-refractivity contribution in [3.8, 4) is 11.5 Å². The molecule has 0 unspecified atom stereocenters. The first kappa shape index (κ1) is 12.4. The summed E-state index contributed by atoms with van der Waals surface area (Å²) in [5.41, 5.74) is 6.87. The van der Waals surface area contributed by atoms with Crippen LogP contribution in [0.15, 0.2) is 42.5 Å². The van der Waals surface area contributed by atoms with Crippen molar-refractivity contribution in [1.29, 1.82) is 0 Å². The molecule has 0 atom stereocenters. The molecule has 0 radical (unpaired) electrons. The third-order valence-electron chi connectivity index (χ3n) is 2.79. The molecule has 2 rings (SSSR count). The van der Waals surface area contributed by atoms with Gasteiger partial charge in [-0.25, -0.2) is 4.39 Å². The highest BCUT2D eigenvalue weighted by Crippen LogP contribution is 2.29. The van der Waals surface area contributed by atoms with Gasteiger partial charge in [-0.2, -0.15) is 0 Å². The van der Waals surface area contributed by atoms with E-state index in [9.17, 15) is 4.39 Å². The van der Waals surface area contributed by atoms with Crippen molar-refractivity contribution < 1.29 is 9.13 Å². The van der Waals surface area contributed by atoms with Gasteiger partial charge in [-0.15, -0.1) is 0 Å². The van der Waals surface area contributed by atoms with Gasteiger partial charge < -0.3 is 10.5 Å². The largest absolute Gasteiger partial charge is 0.455 e. The first-order chi connectivity index (χ1) is 8.58. The van der Waals surface area contributed by atoms with Gasteiger partial charge in [0.15, 0.2) is 5.75 Å². The van der Waals surface area contributed by atoms with Crippen molar-refractivity contribution in [2.45, 2.75) is 19.8 Å². The van der Waals surface area contributed by atoms with E-state index in [4.69, 9.17) is 10.5 Å². The van der Waals surface area contributed by atoms with Crippen LogP contribution in [-0.4, -0.2) is 0 Å². The molecule has 0 aliphatic heterocycles. The van der Waals surface area contributed by atoms with Gasteiger partial charge in [0, 0.05) is 0 Å². The number of anilines is 1. The van der Waals surface area contributed by atoms with Crippen LogP contribution in [0.1, 0.15) is 25.3 Å². The lowest BCUT2D eigenvalue weighted by atomic mass is 10.0. The van der Waals surface area contributed by atoms with Gasteiger partial charge in [-0.05, 0) is 35.7 Å². The smallest absolute Gasteiger partial charge is 0.153 e. The fourth-order valence-electron chi connectivity index (χ4n) is 1.65. The minimum Gasteiger partial charge on any atom is -0.455 e. The zero-order valence-corrected chi connectivity index (χ0v) is 10.5. The summed E-state index contributed by atoms with van der Waals surface area (Å²) in [6, 6.07) is 12.2. The van der Waals surface area contributed by atoms with E-state index >= 15 is 0 Å². The average Bonchev–Trinajstić information content (AvgIpc) is 2.36. The number of hydrogen-bond donors (Lipinski definition) is 1. The number of nitrogens with two attached hydrogens (primary N) is 1. The summed E-state index contributed by atoms with van der Waals surface area (Å²) < 4.78 is 18.8. The molecule has 3 heteroatoms. The van der Waals surface area contributed by atoms with E-state index in [2.05, 4.69) is 13.8 Å². The monoisotopic (exact) mass is 245 g/mol. The predicted molar refractivity (Wildman–Crippen MR) is 71.4 cm³/mol. The van der Waals surface area contributed by atoms with E-state index in [0.29, 0.717) is 17.4 Å². The molecule has 2 aromatic rings. The summed E-state index contributed by atoms with van der Waals surface area (Å²) in [6.45, 7) is 4.25. The van der Waals surface area contributed by atoms with E-state index in [0.717, 1.165) is 0 Å². The molecule has 0 fully saturated rings. The van der Waals surface area contributed by atoms with Crippen LogP contribution in [0.5, 0.6) is 11.5 Å². The van der Waals surface area contributed by atoms with Crippen LogP contribution in [0.2, 0.25) is 0 Å². The number of para-hydroxylation sites is 1. The van der Waals surface area contributed by atoms with Crippen LogP contribution in [0.3, 0.4) is 0 Å². The van der Waals surface area contributed by atoms with E-state index in [1.165, 1.54) is 11.6 Å². The molecule has 0 aromatic heterocycles. The fraction of sp³-hybridized carbons (Fsp3) is 0.200. The second-order valence-electron chi connectivity index (χ2n) is 4.48. The predicted octanol–water partition coefficient (Wildman–Crippen LogP) is 4.32. The quantitative estimate of drug-likeness (QED) is 0.817. The lowest BCUT2D eigenvalue weighted by Gasteiger charge is -2.10. The number of benzene rings is 2. The molecule has 0 heterocycles. The molecule has 0 saturated carbocycles. The molecule has 18 heavy (non-hydrogen) atoms. The zero-order chi connectivity index (χ0) is 13.1. The first-order valence-corrected chi connectivity index (χ1v) is 5.89. The summed E-state index contributed by atoms with van der Waals surface area (Å²) in [5, 5.41) is 0. The molecule has 94 valence electrons. The van der Waals surface area contributed by atoms with Gasteiger partial charge in [0.05, 0.1) is 0 Å². The molecule has 0 aliphatic rings. The highest BCUT2D eigenvalue weighted by Gasteiger charge is 2.06. The fourth-order valence-corrected chi connectivity index (χ4v) is 1.65. The Morgan fingerprint density at radius 2 is 1.72 bits per heavy atom. The Balaban J connectivity index is 2.21. The third-order valence-corrected chi connectivity index (χ3v) is 2.79. The standard InChI is InChI=1S/C15H16FNO/c1-10(2)11-6-8-12(9-7-11)18-14-5-3-4-13(16)15(14)17/h3-10H,17H2,1-2H3. The summed E-state index contributed by atoms with van der Waals surface area (Å²) >= 11 is 0. The maximum Gasteiger partial charge on any atom is 0.153 e. The van der Waals surface area contributed by atoms with Crippen molar-refractivity contribution in [3.63, 3.8) is 0 Å². The molecule has 2 aromatic carbocycles. The van der Waals surface area contributed by atoms with E-state index < -0.39 is 5.82 Å². The first-order valence-electron chi connectivity index (χ1n) is 5.89. The summed E-state index contributed by atoms with van der Waals surface area (Å²) in [5.74, 6) is 0.994. The minimum absolute atomic E-state index is 0.0328. The normalized spacial score (nSPS) is 10.7. The number of rotatable bonds is 3. The van der Waals surface area contributed by atoms with Crippen molar-refractivity contribution in [1.82, 2.24) is 0 Å². The SMILES string of the molecule is CC(C)c1ccc(Oc2cccc(F)c2N)cc1. The molecule has 0 spiro atoms. The molecular formula is C15H16FNO. The van der Waals surface area contributed by atoms with Crippen molar-refractivity contribution >= 4 is 5.69 Å². The van der Waals surface area contributed by atoms with Crippen molar-refractivity contribution in [2.24, 2.45) is 0 Å². The molecule has 0 bridgehead atoms. The lowest BCUT2D eigenvalue weighted by Crippen LogP contribution is -1.95. The minimum atomic E-state index is -0.466. The van der Waals surface area contributed by atoms with E-state index in [1.807, 2.05) is 24.3 Å². The number of halogens is 1. The van der Waals surface area contributed by atoms with Crippen LogP contribution >= 0.6 is 0 Å². The Labute approximate surface area is 106 Å². The maximum atomic E-state index is 13.2. The zero-order valence-electron chi connectivity index (χ0n) is 10.5. The van der Waals surface area contributed by atoms with Gasteiger partial charge in [0.2, 0.25) is 0 Å². The summed E-state index contributed by atoms with van der Waals surface area (Å²) in [4.78, 5) is 0. The Kier molecular flexibility index (Phi) is 3.51. The molecule has 0 amide bonds. The molecular weight excluding hydrogens is 229 g/mol. The van der Waals surface area contributed by atoms with Crippen LogP contribution in [0.4, 0.5) is 10.1 Å². The van der Waals surface area contributed by atoms with Gasteiger partial charge in [0.1, 0.15) is 17.3 Å². The van der Waals surface area contributed by atoms with Gasteiger partial charge in [-0.3, -0.25) is 0 Å². The van der Waals surface area contributed by atoms with E-state index in [1.54, 1.807) is 12.1 Å². The number of nitrogen functional groups attached to an aromatic ring is 1. The van der Waals surface area contributed by atoms with Crippen LogP contribution in [0, 0.1) is 5.82 Å². The topological polar surface area (TPSA) is 35.2 Å². The number of ether oxygens (including phenoxy) is 1. The van der Waals surface area contributed by atoms with Crippen molar-refractivity contribution in [3.05, 3.63) is 53.8 Å². The number of hydrogen-bond acceptors (Lipinski definition) is 2. The van der Waals surface area contributed by atoms with Crippen molar-refractivity contribution in [2.75, 3.05) is 5.73 Å². The van der Waals surface area contributed by atoms with Crippen LogP contribution in [-0.2, 0) is 0 Å². The van der Waals surface area contributed by atoms with Gasteiger partial charge in [0.25, 0.3) is 0 Å². The second-order valence-corrected chi connectivity index (χ2v) is 4.48. The average molecular weight is 245 g/mol. The summed E-state index contributed by atoms with van der Waals surface area (Å²) in [6.07, 6.45) is 0. The van der Waals surface area contributed by atoms with Gasteiger partial charge in [-0.1, -0.05) is 32.0 Å². The third kappa shape index (κ3) is 2.62. The second kappa shape index (κ2) is 5.08. The van der Waals surface area contributed by atoms with E-state index in [-0.39, 0.29) is 5.69 Å². The molecule has 0 aliphatic carbocycles. The van der Waals surface area contributed by atoms with Crippen LogP contribution in [0.25, 0.3) is 0 Å². The highest BCUT2D eigenvalue weighted by molar-refractivity contribution is 5.54. The lowest BCUT2D eigenvalue weighted by molar-refractivity contribution is 0.480.